The van der Waals surface area contributed by atoms with Crippen molar-refractivity contribution in [2.45, 2.75) is 39.2 Å². The maximum absolute atomic E-state index is 11.2. The Labute approximate surface area is 123 Å². The van der Waals surface area contributed by atoms with Gasteiger partial charge in [0.15, 0.2) is 0 Å². The van der Waals surface area contributed by atoms with Crippen molar-refractivity contribution in [3.63, 3.8) is 0 Å². The molecule has 0 saturated carbocycles. The molecule has 2 atom stereocenters. The number of hydrogen-bond acceptors (Lipinski definition) is 4. The summed E-state index contributed by atoms with van der Waals surface area (Å²) < 4.78 is 0. The number of rotatable bonds is 4. The monoisotopic (exact) mass is 292 g/mol. The van der Waals surface area contributed by atoms with Crippen LogP contribution < -0.4 is 4.90 Å². The van der Waals surface area contributed by atoms with E-state index in [1.165, 1.54) is 12.1 Å². The van der Waals surface area contributed by atoms with Gasteiger partial charge in [-0.1, -0.05) is 13.8 Å². The van der Waals surface area contributed by atoms with Crippen molar-refractivity contribution >= 4 is 17.3 Å². The summed E-state index contributed by atoms with van der Waals surface area (Å²) in [6, 6.07) is 4.74. The molecule has 1 heterocycles. The van der Waals surface area contributed by atoms with Crippen LogP contribution in [0.3, 0.4) is 0 Å². The molecule has 6 heteroatoms. The summed E-state index contributed by atoms with van der Waals surface area (Å²) in [4.78, 5) is 23.7. The van der Waals surface area contributed by atoms with E-state index in [9.17, 15) is 20.0 Å². The number of nitrogens with zero attached hydrogens (tertiary/aromatic N) is 2. The Hall–Kier alpha value is -2.11. The fraction of sp³-hybridized carbons (Fsp3) is 0.533. The summed E-state index contributed by atoms with van der Waals surface area (Å²) in [5.41, 5.74) is 0.160. The lowest BCUT2D eigenvalue weighted by Crippen LogP contribution is -2.41. The smallest absolute Gasteiger partial charge is 0.342 e. The van der Waals surface area contributed by atoms with Gasteiger partial charge in [-0.2, -0.15) is 0 Å². The number of piperidine rings is 1. The number of hydrogen-bond donors (Lipinski definition) is 1. The predicted octanol–water partition coefficient (Wildman–Crippen LogP) is 3.31. The molecule has 0 aliphatic carbocycles. The number of aromatic carboxylic acids is 1. The van der Waals surface area contributed by atoms with E-state index in [2.05, 4.69) is 18.7 Å². The summed E-state index contributed by atoms with van der Waals surface area (Å²) in [6.07, 6.45) is 3.09. The van der Waals surface area contributed by atoms with Gasteiger partial charge in [0.25, 0.3) is 5.69 Å². The first-order chi connectivity index (χ1) is 9.93. The molecule has 0 amide bonds. The van der Waals surface area contributed by atoms with Crippen molar-refractivity contribution in [1.29, 1.82) is 0 Å². The Bertz CT molecular complexity index is 559. The summed E-state index contributed by atoms with van der Waals surface area (Å²) in [5.74, 6) is -0.606. The Morgan fingerprint density at radius 1 is 1.52 bits per heavy atom. The zero-order chi connectivity index (χ0) is 15.6. The summed E-state index contributed by atoms with van der Waals surface area (Å²) in [5, 5.41) is 20.1. The third kappa shape index (κ3) is 3.15. The second kappa shape index (κ2) is 6.11. The highest BCUT2D eigenvalue weighted by Gasteiger charge is 2.27. The minimum atomic E-state index is -1.26. The van der Waals surface area contributed by atoms with Crippen molar-refractivity contribution < 1.29 is 14.8 Å². The van der Waals surface area contributed by atoms with Gasteiger partial charge in [-0.05, 0) is 37.3 Å². The Balaban J connectivity index is 2.38. The van der Waals surface area contributed by atoms with Crippen LogP contribution in [0.25, 0.3) is 0 Å². The first-order valence-corrected chi connectivity index (χ1v) is 7.22. The van der Waals surface area contributed by atoms with E-state index in [4.69, 9.17) is 0 Å². The number of anilines is 1. The minimum absolute atomic E-state index is 0.244. The van der Waals surface area contributed by atoms with Gasteiger partial charge in [0.2, 0.25) is 0 Å². The average molecular weight is 292 g/mol. The molecule has 1 fully saturated rings. The standard InChI is InChI=1S/C15H20N2O4/c1-3-11-8-10(2)6-7-16(11)12-4-5-14(17(20)21)13(9-12)15(18)19/h4-5,9-11H,3,6-8H2,1-2H3,(H,18,19)/t10?,11-/m1/s1. The van der Waals surface area contributed by atoms with Crippen molar-refractivity contribution in [3.8, 4) is 0 Å². The first kappa shape index (κ1) is 15.3. The maximum atomic E-state index is 11.2. The molecule has 1 N–H and O–H groups in total. The van der Waals surface area contributed by atoms with Crippen LogP contribution in [0.4, 0.5) is 11.4 Å². The lowest BCUT2D eigenvalue weighted by Gasteiger charge is -2.40. The maximum Gasteiger partial charge on any atom is 0.342 e. The largest absolute Gasteiger partial charge is 0.477 e. The van der Waals surface area contributed by atoms with E-state index in [1.54, 1.807) is 6.07 Å². The van der Waals surface area contributed by atoms with E-state index >= 15 is 0 Å². The van der Waals surface area contributed by atoms with Crippen LogP contribution in [0.2, 0.25) is 0 Å². The number of benzene rings is 1. The molecule has 0 radical (unpaired) electrons. The van der Waals surface area contributed by atoms with E-state index in [-0.39, 0.29) is 11.3 Å². The number of carbonyl (C=O) groups is 1. The van der Waals surface area contributed by atoms with Crippen molar-refractivity contribution in [1.82, 2.24) is 0 Å². The molecule has 21 heavy (non-hydrogen) atoms. The number of nitro groups is 1. The molecular weight excluding hydrogens is 272 g/mol. The highest BCUT2D eigenvalue weighted by atomic mass is 16.6. The van der Waals surface area contributed by atoms with E-state index in [1.807, 2.05) is 0 Å². The van der Waals surface area contributed by atoms with Crippen LogP contribution in [0.5, 0.6) is 0 Å². The molecule has 1 aliphatic rings. The summed E-state index contributed by atoms with van der Waals surface area (Å²) in [6.45, 7) is 5.19. The van der Waals surface area contributed by atoms with Gasteiger partial charge in [0, 0.05) is 24.3 Å². The molecule has 0 bridgehead atoms. The zero-order valence-corrected chi connectivity index (χ0v) is 12.3. The minimum Gasteiger partial charge on any atom is -0.477 e. The van der Waals surface area contributed by atoms with Crippen LogP contribution in [0.1, 0.15) is 43.5 Å². The van der Waals surface area contributed by atoms with Gasteiger partial charge in [-0.15, -0.1) is 0 Å². The van der Waals surface area contributed by atoms with Crippen molar-refractivity contribution in [2.75, 3.05) is 11.4 Å². The molecule has 0 aromatic heterocycles. The molecule has 1 unspecified atom stereocenters. The lowest BCUT2D eigenvalue weighted by atomic mass is 9.90. The van der Waals surface area contributed by atoms with Gasteiger partial charge in [0.05, 0.1) is 4.92 Å². The quantitative estimate of drug-likeness (QED) is 0.680. The summed E-state index contributed by atoms with van der Waals surface area (Å²) >= 11 is 0. The molecule has 6 nitrogen and oxygen atoms in total. The van der Waals surface area contributed by atoms with Crippen molar-refractivity contribution in [3.05, 3.63) is 33.9 Å². The molecule has 1 aliphatic heterocycles. The fourth-order valence-corrected chi connectivity index (χ4v) is 3.01. The topological polar surface area (TPSA) is 83.7 Å². The van der Waals surface area contributed by atoms with Gasteiger partial charge in [-0.3, -0.25) is 10.1 Å². The van der Waals surface area contributed by atoms with Gasteiger partial charge < -0.3 is 10.0 Å². The Kier molecular flexibility index (Phi) is 4.45. The van der Waals surface area contributed by atoms with Crippen LogP contribution in [-0.4, -0.2) is 28.6 Å². The third-order valence-corrected chi connectivity index (χ3v) is 4.19. The third-order valence-electron chi connectivity index (χ3n) is 4.19. The zero-order valence-electron chi connectivity index (χ0n) is 12.3. The van der Waals surface area contributed by atoms with Crippen LogP contribution in [0.15, 0.2) is 18.2 Å². The first-order valence-electron chi connectivity index (χ1n) is 7.22. The van der Waals surface area contributed by atoms with E-state index in [0.717, 1.165) is 31.5 Å². The van der Waals surface area contributed by atoms with Gasteiger partial charge in [-0.25, -0.2) is 4.79 Å². The average Bonchev–Trinajstić information content (AvgIpc) is 2.46. The molecule has 1 saturated heterocycles. The van der Waals surface area contributed by atoms with Crippen LogP contribution >= 0.6 is 0 Å². The predicted molar refractivity (Wildman–Crippen MR) is 79.9 cm³/mol. The molecule has 1 aromatic rings. The summed E-state index contributed by atoms with van der Waals surface area (Å²) in [7, 11) is 0. The fourth-order valence-electron chi connectivity index (χ4n) is 3.01. The second-order valence-corrected chi connectivity index (χ2v) is 5.65. The molecule has 114 valence electrons. The van der Waals surface area contributed by atoms with Gasteiger partial charge >= 0.3 is 5.97 Å². The van der Waals surface area contributed by atoms with E-state index < -0.39 is 10.9 Å². The molecular formula is C15H20N2O4. The van der Waals surface area contributed by atoms with Crippen molar-refractivity contribution in [2.24, 2.45) is 5.92 Å². The van der Waals surface area contributed by atoms with Gasteiger partial charge in [0.1, 0.15) is 5.56 Å². The second-order valence-electron chi connectivity index (χ2n) is 5.65. The molecule has 1 aromatic carbocycles. The lowest BCUT2D eigenvalue weighted by molar-refractivity contribution is -0.385. The molecule has 0 spiro atoms. The highest BCUT2D eigenvalue weighted by molar-refractivity contribution is 5.93. The van der Waals surface area contributed by atoms with Crippen LogP contribution in [0, 0.1) is 16.0 Å². The number of carboxylic acids is 1. The number of nitro benzene ring substituents is 1. The normalized spacial score (nSPS) is 22.1. The van der Waals surface area contributed by atoms with E-state index in [0.29, 0.717) is 12.0 Å². The Morgan fingerprint density at radius 2 is 2.24 bits per heavy atom. The number of carboxylic acid groups (broad SMARTS) is 1. The Morgan fingerprint density at radius 3 is 2.81 bits per heavy atom. The SMILES string of the molecule is CC[C@@H]1CC(C)CCN1c1ccc([N+](=O)[O-])c(C(=O)O)c1. The highest BCUT2D eigenvalue weighted by Crippen LogP contribution is 2.32. The van der Waals surface area contributed by atoms with Crippen LogP contribution in [-0.2, 0) is 0 Å². The molecule has 2 rings (SSSR count).